The molecule has 0 aliphatic carbocycles. The first-order valence-electron chi connectivity index (χ1n) is 8.09. The van der Waals surface area contributed by atoms with Gasteiger partial charge in [-0.2, -0.15) is 4.31 Å². The van der Waals surface area contributed by atoms with E-state index < -0.39 is 10.0 Å². The van der Waals surface area contributed by atoms with E-state index >= 15 is 0 Å². The molecule has 25 heavy (non-hydrogen) atoms. The summed E-state index contributed by atoms with van der Waals surface area (Å²) in [5.74, 6) is 0. The summed E-state index contributed by atoms with van der Waals surface area (Å²) in [6, 6.07) is 8.47. The summed E-state index contributed by atoms with van der Waals surface area (Å²) in [6.45, 7) is 4.48. The lowest BCUT2D eigenvalue weighted by Gasteiger charge is -2.31. The van der Waals surface area contributed by atoms with Crippen molar-refractivity contribution in [1.29, 1.82) is 0 Å². The first-order valence-corrected chi connectivity index (χ1v) is 9.91. The molecule has 0 radical (unpaired) electrons. The van der Waals surface area contributed by atoms with Crippen molar-refractivity contribution in [3.63, 3.8) is 0 Å². The van der Waals surface area contributed by atoms with Crippen molar-refractivity contribution < 1.29 is 13.2 Å². The van der Waals surface area contributed by atoms with Crippen LogP contribution in [-0.2, 0) is 10.0 Å². The molecule has 2 aromatic rings. The number of rotatable bonds is 4. The second-order valence-corrected chi connectivity index (χ2v) is 8.51. The molecule has 1 unspecified atom stereocenters. The molecule has 134 valence electrons. The first kappa shape index (κ1) is 18.1. The monoisotopic (exact) mass is 381 g/mol. The van der Waals surface area contributed by atoms with Crippen molar-refractivity contribution in [3.05, 3.63) is 46.7 Å². The lowest BCUT2D eigenvalue weighted by molar-refractivity contribution is 0.119. The maximum atomic E-state index is 12.8. The van der Waals surface area contributed by atoms with Crippen LogP contribution >= 0.6 is 11.6 Å². The van der Waals surface area contributed by atoms with Crippen LogP contribution in [0.1, 0.15) is 24.2 Å². The SMILES string of the molecule is Cc1cc(C)nc(OC2CCCN(S(=O)(=O)c3cccc(Cl)c3)C2)n1. The minimum Gasteiger partial charge on any atom is -0.459 e. The molecule has 1 aromatic heterocycles. The van der Waals surface area contributed by atoms with Crippen molar-refractivity contribution in [2.24, 2.45) is 0 Å². The molecule has 1 aromatic carbocycles. The molecule has 1 aliphatic rings. The highest BCUT2D eigenvalue weighted by atomic mass is 35.5. The van der Waals surface area contributed by atoms with Gasteiger partial charge < -0.3 is 4.74 Å². The minimum absolute atomic E-state index is 0.198. The average Bonchev–Trinajstić information content (AvgIpc) is 2.54. The normalized spacial score (nSPS) is 18.9. The molecule has 8 heteroatoms. The van der Waals surface area contributed by atoms with E-state index in [0.29, 0.717) is 17.6 Å². The van der Waals surface area contributed by atoms with Gasteiger partial charge in [0.1, 0.15) is 6.10 Å². The fourth-order valence-corrected chi connectivity index (χ4v) is 4.70. The highest BCUT2D eigenvalue weighted by molar-refractivity contribution is 7.89. The lowest BCUT2D eigenvalue weighted by atomic mass is 10.1. The predicted octanol–water partition coefficient (Wildman–Crippen LogP) is 2.98. The third-order valence-electron chi connectivity index (χ3n) is 4.01. The largest absolute Gasteiger partial charge is 0.459 e. The Balaban J connectivity index is 1.76. The lowest BCUT2D eigenvalue weighted by Crippen LogP contribution is -2.44. The van der Waals surface area contributed by atoms with Crippen LogP contribution in [0.3, 0.4) is 0 Å². The summed E-state index contributed by atoms with van der Waals surface area (Å²) < 4.78 is 32.9. The number of sulfonamides is 1. The molecule has 0 N–H and O–H groups in total. The number of benzene rings is 1. The van der Waals surface area contributed by atoms with E-state index in [9.17, 15) is 8.42 Å². The van der Waals surface area contributed by atoms with Crippen molar-refractivity contribution in [2.45, 2.75) is 37.7 Å². The van der Waals surface area contributed by atoms with Crippen LogP contribution in [0.2, 0.25) is 5.02 Å². The number of aromatic nitrogens is 2. The molecule has 1 saturated heterocycles. The second-order valence-electron chi connectivity index (χ2n) is 6.14. The van der Waals surface area contributed by atoms with Gasteiger partial charge in [-0.1, -0.05) is 17.7 Å². The van der Waals surface area contributed by atoms with E-state index in [1.165, 1.54) is 10.4 Å². The van der Waals surface area contributed by atoms with Gasteiger partial charge in [-0.15, -0.1) is 0 Å². The van der Waals surface area contributed by atoms with Gasteiger partial charge in [0, 0.05) is 23.0 Å². The van der Waals surface area contributed by atoms with Crippen LogP contribution in [0, 0.1) is 13.8 Å². The van der Waals surface area contributed by atoms with E-state index in [2.05, 4.69) is 9.97 Å². The number of aryl methyl sites for hydroxylation is 2. The number of ether oxygens (including phenoxy) is 1. The van der Waals surface area contributed by atoms with Crippen LogP contribution in [0.5, 0.6) is 6.01 Å². The van der Waals surface area contributed by atoms with Gasteiger partial charge in [0.2, 0.25) is 10.0 Å². The van der Waals surface area contributed by atoms with E-state index in [1.807, 2.05) is 19.9 Å². The Morgan fingerprint density at radius 2 is 1.92 bits per heavy atom. The van der Waals surface area contributed by atoms with Crippen molar-refractivity contribution in [1.82, 2.24) is 14.3 Å². The van der Waals surface area contributed by atoms with E-state index in [-0.39, 0.29) is 17.5 Å². The molecule has 2 heterocycles. The van der Waals surface area contributed by atoms with Gasteiger partial charge >= 0.3 is 6.01 Å². The van der Waals surface area contributed by atoms with Crippen LogP contribution in [0.25, 0.3) is 0 Å². The molecule has 0 spiro atoms. The Morgan fingerprint density at radius 1 is 1.20 bits per heavy atom. The Kier molecular flexibility index (Phi) is 5.27. The molecule has 0 amide bonds. The molecule has 1 aliphatic heterocycles. The summed E-state index contributed by atoms with van der Waals surface area (Å²) in [5.41, 5.74) is 1.64. The second kappa shape index (κ2) is 7.27. The zero-order valence-corrected chi connectivity index (χ0v) is 15.7. The molecule has 0 saturated carbocycles. The Hall–Kier alpha value is -1.70. The minimum atomic E-state index is -3.60. The summed E-state index contributed by atoms with van der Waals surface area (Å²) >= 11 is 5.93. The molecular weight excluding hydrogens is 362 g/mol. The van der Waals surface area contributed by atoms with E-state index in [4.69, 9.17) is 16.3 Å². The van der Waals surface area contributed by atoms with Crippen molar-refractivity contribution in [3.8, 4) is 6.01 Å². The molecule has 3 rings (SSSR count). The Bertz CT molecular complexity index is 853. The molecule has 1 fully saturated rings. The fraction of sp³-hybridized carbons (Fsp3) is 0.412. The maximum Gasteiger partial charge on any atom is 0.317 e. The summed E-state index contributed by atoms with van der Waals surface area (Å²) in [4.78, 5) is 8.73. The van der Waals surface area contributed by atoms with Gasteiger partial charge in [-0.25, -0.2) is 18.4 Å². The summed E-state index contributed by atoms with van der Waals surface area (Å²) in [5, 5.41) is 0.398. The van der Waals surface area contributed by atoms with Crippen molar-refractivity contribution >= 4 is 21.6 Å². The Morgan fingerprint density at radius 3 is 2.60 bits per heavy atom. The summed E-state index contributed by atoms with van der Waals surface area (Å²) in [7, 11) is -3.60. The van der Waals surface area contributed by atoms with Gasteiger partial charge in [-0.05, 0) is 51.0 Å². The third-order valence-corrected chi connectivity index (χ3v) is 6.10. The van der Waals surface area contributed by atoms with Crippen molar-refractivity contribution in [2.75, 3.05) is 13.1 Å². The fourth-order valence-electron chi connectivity index (χ4n) is 2.89. The van der Waals surface area contributed by atoms with Gasteiger partial charge in [0.05, 0.1) is 11.4 Å². The number of hydrogen-bond acceptors (Lipinski definition) is 5. The van der Waals surface area contributed by atoms with E-state index in [0.717, 1.165) is 24.2 Å². The highest BCUT2D eigenvalue weighted by Crippen LogP contribution is 2.24. The first-order chi connectivity index (χ1) is 11.8. The van der Waals surface area contributed by atoms with Gasteiger partial charge in [0.15, 0.2) is 0 Å². The predicted molar refractivity (Wildman–Crippen MR) is 95.4 cm³/mol. The number of hydrogen-bond donors (Lipinski definition) is 0. The molecule has 6 nitrogen and oxygen atoms in total. The summed E-state index contributed by atoms with van der Waals surface area (Å²) in [6.07, 6.45) is 1.21. The zero-order chi connectivity index (χ0) is 18.0. The number of piperidine rings is 1. The number of nitrogens with zero attached hydrogens (tertiary/aromatic N) is 3. The van der Waals surface area contributed by atoms with E-state index in [1.54, 1.807) is 18.2 Å². The number of halogens is 1. The van der Waals surface area contributed by atoms with Gasteiger partial charge in [0.25, 0.3) is 0 Å². The van der Waals surface area contributed by atoms with Crippen LogP contribution in [-0.4, -0.2) is 41.9 Å². The van der Waals surface area contributed by atoms with Gasteiger partial charge in [-0.3, -0.25) is 0 Å². The average molecular weight is 382 g/mol. The maximum absolute atomic E-state index is 12.8. The van der Waals surface area contributed by atoms with Crippen LogP contribution in [0.4, 0.5) is 0 Å². The third kappa shape index (κ3) is 4.29. The molecule has 0 bridgehead atoms. The Labute approximate surface area is 152 Å². The zero-order valence-electron chi connectivity index (χ0n) is 14.1. The molecular formula is C17H20ClN3O3S. The molecule has 1 atom stereocenters. The van der Waals surface area contributed by atoms with Crippen LogP contribution in [0.15, 0.2) is 35.2 Å². The van der Waals surface area contributed by atoms with Crippen LogP contribution < -0.4 is 4.74 Å². The smallest absolute Gasteiger partial charge is 0.317 e. The standard InChI is InChI=1S/C17H20ClN3O3S/c1-12-9-13(2)20-17(19-12)24-15-6-4-8-21(11-15)25(22,23)16-7-3-5-14(18)10-16/h3,5,7,9-10,15H,4,6,8,11H2,1-2H3. The highest BCUT2D eigenvalue weighted by Gasteiger charge is 2.31. The topological polar surface area (TPSA) is 72.4 Å². The quantitative estimate of drug-likeness (QED) is 0.814.